The van der Waals surface area contributed by atoms with Gasteiger partial charge in [-0.15, -0.1) is 11.3 Å². The van der Waals surface area contributed by atoms with E-state index in [-0.39, 0.29) is 12.4 Å². The van der Waals surface area contributed by atoms with E-state index in [1.807, 2.05) is 6.92 Å². The highest BCUT2D eigenvalue weighted by molar-refractivity contribution is 7.12. The molecule has 5 nitrogen and oxygen atoms in total. The molecule has 0 amide bonds. The van der Waals surface area contributed by atoms with E-state index in [0.717, 1.165) is 5.69 Å². The molecule has 0 N–H and O–H groups in total. The number of carbonyl (C=O) groups excluding carboxylic acids is 2. The van der Waals surface area contributed by atoms with E-state index in [4.69, 9.17) is 4.74 Å². The van der Waals surface area contributed by atoms with Crippen molar-refractivity contribution in [2.75, 3.05) is 0 Å². The molecule has 0 aliphatic heterocycles. The second kappa shape index (κ2) is 5.92. The number of esters is 1. The third kappa shape index (κ3) is 3.48. The first-order valence-electron chi connectivity index (χ1n) is 6.03. The van der Waals surface area contributed by atoms with Gasteiger partial charge in [0.1, 0.15) is 17.3 Å². The van der Waals surface area contributed by atoms with Crippen LogP contribution in [0.2, 0.25) is 0 Å². The fraction of sp³-hybridized carbons (Fsp3) is 0.286. The molecular weight excluding hydrogens is 276 g/mol. The van der Waals surface area contributed by atoms with Crippen LogP contribution in [-0.2, 0) is 11.3 Å². The van der Waals surface area contributed by atoms with Crippen molar-refractivity contribution in [2.45, 2.75) is 27.4 Å². The van der Waals surface area contributed by atoms with Crippen molar-refractivity contribution in [3.8, 4) is 0 Å². The average Bonchev–Trinajstić information content (AvgIpc) is 2.84. The minimum atomic E-state index is -0.448. The topological polar surface area (TPSA) is 69.2 Å². The van der Waals surface area contributed by atoms with Crippen LogP contribution < -0.4 is 0 Å². The monoisotopic (exact) mass is 290 g/mol. The standard InChI is InChI=1S/C14H14N2O3S/c1-8-4-12(16-10(3)15-8)6-19-14(18)13-5-11(7-20-13)9(2)17/h4-5,7H,6H2,1-3H3. The molecule has 0 aliphatic carbocycles. The smallest absolute Gasteiger partial charge is 0.348 e. The molecule has 0 aliphatic rings. The Bertz CT molecular complexity index is 644. The second-order valence-electron chi connectivity index (χ2n) is 4.38. The summed E-state index contributed by atoms with van der Waals surface area (Å²) in [5.74, 6) is 0.129. The van der Waals surface area contributed by atoms with Gasteiger partial charge in [-0.05, 0) is 32.9 Å². The molecule has 2 aromatic heterocycles. The molecule has 104 valence electrons. The highest BCUT2D eigenvalue weighted by Crippen LogP contribution is 2.17. The maximum Gasteiger partial charge on any atom is 0.348 e. The van der Waals surface area contributed by atoms with E-state index in [1.54, 1.807) is 24.4 Å². The van der Waals surface area contributed by atoms with E-state index >= 15 is 0 Å². The van der Waals surface area contributed by atoms with Crippen LogP contribution in [0, 0.1) is 13.8 Å². The summed E-state index contributed by atoms with van der Waals surface area (Å²) >= 11 is 1.20. The largest absolute Gasteiger partial charge is 0.455 e. The molecule has 0 fully saturated rings. The van der Waals surface area contributed by atoms with Crippen LogP contribution >= 0.6 is 11.3 Å². The van der Waals surface area contributed by atoms with Crippen molar-refractivity contribution >= 4 is 23.1 Å². The fourth-order valence-electron chi connectivity index (χ4n) is 1.71. The minimum absolute atomic E-state index is 0.0673. The number of hydrogen-bond acceptors (Lipinski definition) is 6. The summed E-state index contributed by atoms with van der Waals surface area (Å²) in [4.78, 5) is 31.8. The lowest BCUT2D eigenvalue weighted by Crippen LogP contribution is -2.06. The summed E-state index contributed by atoms with van der Waals surface area (Å²) in [7, 11) is 0. The quantitative estimate of drug-likeness (QED) is 0.639. The van der Waals surface area contributed by atoms with Gasteiger partial charge in [-0.3, -0.25) is 4.79 Å². The summed E-state index contributed by atoms with van der Waals surface area (Å²) in [6.07, 6.45) is 0. The van der Waals surface area contributed by atoms with Gasteiger partial charge in [0.05, 0.1) is 5.69 Å². The van der Waals surface area contributed by atoms with Gasteiger partial charge in [0.25, 0.3) is 0 Å². The van der Waals surface area contributed by atoms with Gasteiger partial charge in [0.15, 0.2) is 5.78 Å². The molecule has 0 saturated carbocycles. The molecule has 2 aromatic rings. The predicted octanol–water partition coefficient (Wildman–Crippen LogP) is 2.71. The summed E-state index contributed by atoms with van der Waals surface area (Å²) < 4.78 is 5.19. The SMILES string of the molecule is CC(=O)c1csc(C(=O)OCc2cc(C)nc(C)n2)c1. The number of thiophene rings is 1. The number of aromatic nitrogens is 2. The zero-order chi connectivity index (χ0) is 14.7. The van der Waals surface area contributed by atoms with Gasteiger partial charge in [0, 0.05) is 16.6 Å². The Labute approximate surface area is 120 Å². The number of ketones is 1. The Balaban J connectivity index is 2.02. The number of rotatable bonds is 4. The first kappa shape index (κ1) is 14.3. The van der Waals surface area contributed by atoms with E-state index < -0.39 is 5.97 Å². The summed E-state index contributed by atoms with van der Waals surface area (Å²) in [5.41, 5.74) is 2.01. The van der Waals surface area contributed by atoms with E-state index in [9.17, 15) is 9.59 Å². The highest BCUT2D eigenvalue weighted by Gasteiger charge is 2.13. The Kier molecular flexibility index (Phi) is 4.24. The van der Waals surface area contributed by atoms with Crippen molar-refractivity contribution < 1.29 is 14.3 Å². The van der Waals surface area contributed by atoms with Crippen molar-refractivity contribution in [3.05, 3.63) is 45.2 Å². The first-order valence-corrected chi connectivity index (χ1v) is 6.91. The summed E-state index contributed by atoms with van der Waals surface area (Å²) in [6.45, 7) is 5.20. The fourth-order valence-corrected chi connectivity index (χ4v) is 2.54. The van der Waals surface area contributed by atoms with E-state index in [1.165, 1.54) is 18.3 Å². The summed E-state index contributed by atoms with van der Waals surface area (Å²) in [5, 5.41) is 1.65. The zero-order valence-corrected chi connectivity index (χ0v) is 12.3. The number of Topliss-reactive ketones (excluding diaryl/α,β-unsaturated/α-hetero) is 1. The zero-order valence-electron chi connectivity index (χ0n) is 11.5. The van der Waals surface area contributed by atoms with Crippen LogP contribution in [-0.4, -0.2) is 21.7 Å². The third-order valence-corrected chi connectivity index (χ3v) is 3.49. The molecule has 0 aromatic carbocycles. The lowest BCUT2D eigenvalue weighted by molar-refractivity contribution is 0.0473. The molecule has 0 spiro atoms. The van der Waals surface area contributed by atoms with Crippen molar-refractivity contribution in [3.63, 3.8) is 0 Å². The average molecular weight is 290 g/mol. The molecule has 0 saturated heterocycles. The molecule has 0 radical (unpaired) electrons. The van der Waals surface area contributed by atoms with Crippen LogP contribution in [0.15, 0.2) is 17.5 Å². The lowest BCUT2D eigenvalue weighted by Gasteiger charge is -2.04. The molecular formula is C14H14N2O3S. The Hall–Kier alpha value is -2.08. The Morgan fingerprint density at radius 2 is 2.00 bits per heavy atom. The first-order chi connectivity index (χ1) is 9.45. The van der Waals surface area contributed by atoms with Gasteiger partial charge in [-0.25, -0.2) is 14.8 Å². The maximum atomic E-state index is 11.9. The molecule has 2 rings (SSSR count). The molecule has 6 heteroatoms. The normalized spacial score (nSPS) is 10.3. The second-order valence-corrected chi connectivity index (χ2v) is 5.29. The predicted molar refractivity (Wildman–Crippen MR) is 74.9 cm³/mol. The van der Waals surface area contributed by atoms with Crippen molar-refractivity contribution in [1.82, 2.24) is 9.97 Å². The minimum Gasteiger partial charge on any atom is -0.455 e. The van der Waals surface area contributed by atoms with Gasteiger partial charge in [-0.2, -0.15) is 0 Å². The van der Waals surface area contributed by atoms with Gasteiger partial charge in [-0.1, -0.05) is 0 Å². The van der Waals surface area contributed by atoms with Crippen molar-refractivity contribution in [1.29, 1.82) is 0 Å². The molecule has 2 heterocycles. The molecule has 0 bridgehead atoms. The number of carbonyl (C=O) groups is 2. The van der Waals surface area contributed by atoms with Crippen LogP contribution in [0.3, 0.4) is 0 Å². The number of ether oxygens (including phenoxy) is 1. The molecule has 20 heavy (non-hydrogen) atoms. The lowest BCUT2D eigenvalue weighted by atomic mass is 10.2. The summed E-state index contributed by atoms with van der Waals surface area (Å²) in [6, 6.07) is 3.32. The number of nitrogens with zero attached hydrogens (tertiary/aromatic N) is 2. The van der Waals surface area contributed by atoms with Crippen LogP contribution in [0.5, 0.6) is 0 Å². The van der Waals surface area contributed by atoms with Crippen LogP contribution in [0.4, 0.5) is 0 Å². The number of hydrogen-bond donors (Lipinski definition) is 0. The Morgan fingerprint density at radius 3 is 2.60 bits per heavy atom. The van der Waals surface area contributed by atoms with Gasteiger partial charge < -0.3 is 4.74 Å². The van der Waals surface area contributed by atoms with Gasteiger partial charge >= 0.3 is 5.97 Å². The van der Waals surface area contributed by atoms with Crippen molar-refractivity contribution in [2.24, 2.45) is 0 Å². The van der Waals surface area contributed by atoms with Crippen LogP contribution in [0.1, 0.15) is 44.2 Å². The maximum absolute atomic E-state index is 11.9. The highest BCUT2D eigenvalue weighted by atomic mass is 32.1. The molecule has 0 atom stereocenters. The van der Waals surface area contributed by atoms with Gasteiger partial charge in [0.2, 0.25) is 0 Å². The van der Waals surface area contributed by atoms with E-state index in [2.05, 4.69) is 9.97 Å². The molecule has 0 unspecified atom stereocenters. The third-order valence-electron chi connectivity index (χ3n) is 2.58. The Morgan fingerprint density at radius 1 is 1.25 bits per heavy atom. The van der Waals surface area contributed by atoms with E-state index in [0.29, 0.717) is 22.0 Å². The van der Waals surface area contributed by atoms with Crippen LogP contribution in [0.25, 0.3) is 0 Å². The number of aryl methyl sites for hydroxylation is 2.